The Morgan fingerprint density at radius 2 is 2.10 bits per heavy atom. The van der Waals surface area contributed by atoms with Gasteiger partial charge < -0.3 is 10.6 Å². The van der Waals surface area contributed by atoms with Crippen LogP contribution in [0.25, 0.3) is 0 Å². The van der Waals surface area contributed by atoms with Crippen LogP contribution in [0.2, 0.25) is 5.02 Å². The van der Waals surface area contributed by atoms with Gasteiger partial charge in [0, 0.05) is 18.4 Å². The van der Waals surface area contributed by atoms with Crippen LogP contribution in [-0.2, 0) is 0 Å². The molecule has 0 aliphatic rings. The lowest BCUT2D eigenvalue weighted by molar-refractivity contribution is 0.807. The van der Waals surface area contributed by atoms with E-state index >= 15 is 0 Å². The first-order valence-corrected chi connectivity index (χ1v) is 7.65. The van der Waals surface area contributed by atoms with Crippen LogP contribution in [0, 0.1) is 6.92 Å². The molecule has 0 saturated heterocycles. The summed E-state index contributed by atoms with van der Waals surface area (Å²) >= 11 is 9.51. The van der Waals surface area contributed by atoms with Gasteiger partial charge in [0.2, 0.25) is 0 Å². The van der Waals surface area contributed by atoms with Gasteiger partial charge in [-0.2, -0.15) is 0 Å². The molecule has 0 amide bonds. The molecule has 2 aromatic rings. The van der Waals surface area contributed by atoms with Crippen molar-refractivity contribution in [3.63, 3.8) is 0 Å². The Labute approximate surface area is 132 Å². The number of nitrogens with zero attached hydrogens (tertiary/aromatic N) is 2. The summed E-state index contributed by atoms with van der Waals surface area (Å²) in [6, 6.07) is 10.1. The van der Waals surface area contributed by atoms with Crippen LogP contribution >= 0.6 is 27.5 Å². The number of hydrogen-bond acceptors (Lipinski definition) is 3. The van der Waals surface area contributed by atoms with Gasteiger partial charge in [-0.15, -0.1) is 0 Å². The fraction of sp³-hybridized carbons (Fsp3) is 0.267. The third kappa shape index (κ3) is 3.51. The Morgan fingerprint density at radius 3 is 2.75 bits per heavy atom. The van der Waals surface area contributed by atoms with Crippen molar-refractivity contribution in [2.75, 3.05) is 18.0 Å². The number of nitrogens with two attached hydrogens (primary N) is 1. The molecule has 0 spiro atoms. The van der Waals surface area contributed by atoms with E-state index in [1.54, 1.807) is 6.20 Å². The van der Waals surface area contributed by atoms with Gasteiger partial charge in [0.15, 0.2) is 0 Å². The fourth-order valence-corrected chi connectivity index (χ4v) is 2.91. The van der Waals surface area contributed by atoms with Crippen molar-refractivity contribution in [2.24, 2.45) is 5.73 Å². The third-order valence-corrected chi connectivity index (χ3v) is 3.83. The summed E-state index contributed by atoms with van der Waals surface area (Å²) in [7, 11) is 0. The quantitative estimate of drug-likeness (QED) is 0.871. The molecule has 2 rings (SSSR count). The number of hydrogen-bond donors (Lipinski definition) is 1. The zero-order valence-corrected chi connectivity index (χ0v) is 13.7. The average molecular weight is 355 g/mol. The predicted molar refractivity (Wildman–Crippen MR) is 88.8 cm³/mol. The molecular weight excluding hydrogens is 338 g/mol. The zero-order chi connectivity index (χ0) is 14.5. The van der Waals surface area contributed by atoms with Gasteiger partial charge in [-0.3, -0.25) is 0 Å². The van der Waals surface area contributed by atoms with Crippen molar-refractivity contribution in [3.8, 4) is 0 Å². The van der Waals surface area contributed by atoms with Crippen LogP contribution in [0.4, 0.5) is 11.5 Å². The van der Waals surface area contributed by atoms with Crippen molar-refractivity contribution < 1.29 is 0 Å². The Balaban J connectivity index is 2.44. The van der Waals surface area contributed by atoms with Crippen molar-refractivity contribution in [1.82, 2.24) is 4.98 Å². The smallest absolute Gasteiger partial charge is 0.147 e. The monoisotopic (exact) mass is 353 g/mol. The summed E-state index contributed by atoms with van der Waals surface area (Å²) in [5, 5.41) is 0.615. The summed E-state index contributed by atoms with van der Waals surface area (Å²) in [6.45, 7) is 3.55. The highest BCUT2D eigenvalue weighted by Crippen LogP contribution is 2.33. The summed E-state index contributed by atoms with van der Waals surface area (Å²) in [4.78, 5) is 6.62. The van der Waals surface area contributed by atoms with Crippen LogP contribution in [0.3, 0.4) is 0 Å². The first-order chi connectivity index (χ1) is 9.63. The standard InChI is InChI=1S/C15H17BrClN3/c1-11-5-2-3-6-14(11)20(8-4-7-18)15-13(16)9-12(17)10-19-15/h2-3,5-6,9-10H,4,7-8,18H2,1H3. The molecule has 1 aromatic carbocycles. The van der Waals surface area contributed by atoms with E-state index in [4.69, 9.17) is 17.3 Å². The first-order valence-electron chi connectivity index (χ1n) is 6.47. The molecular formula is C15H17BrClN3. The van der Waals surface area contributed by atoms with Gasteiger partial charge in [-0.05, 0) is 53.5 Å². The van der Waals surface area contributed by atoms with E-state index in [0.717, 1.165) is 28.9 Å². The molecule has 0 bridgehead atoms. The topological polar surface area (TPSA) is 42.1 Å². The lowest BCUT2D eigenvalue weighted by atomic mass is 10.1. The summed E-state index contributed by atoms with van der Waals surface area (Å²) < 4.78 is 0.880. The van der Waals surface area contributed by atoms with E-state index in [0.29, 0.717) is 11.6 Å². The van der Waals surface area contributed by atoms with Crippen LogP contribution in [0.15, 0.2) is 41.0 Å². The van der Waals surface area contributed by atoms with E-state index in [1.165, 1.54) is 5.56 Å². The molecule has 0 unspecified atom stereocenters. The molecule has 1 aromatic heterocycles. The Kier molecular flexibility index (Phi) is 5.40. The molecule has 0 aliphatic heterocycles. The van der Waals surface area contributed by atoms with Gasteiger partial charge >= 0.3 is 0 Å². The number of halogens is 2. The Morgan fingerprint density at radius 1 is 1.35 bits per heavy atom. The van der Waals surface area contributed by atoms with Gasteiger partial charge in [0.1, 0.15) is 5.82 Å². The Bertz CT molecular complexity index is 589. The van der Waals surface area contributed by atoms with Gasteiger partial charge in [0.05, 0.1) is 9.50 Å². The van der Waals surface area contributed by atoms with Crippen molar-refractivity contribution in [1.29, 1.82) is 0 Å². The molecule has 106 valence electrons. The highest BCUT2D eigenvalue weighted by Gasteiger charge is 2.15. The molecule has 0 aliphatic carbocycles. The van der Waals surface area contributed by atoms with Crippen molar-refractivity contribution >= 4 is 39.0 Å². The lowest BCUT2D eigenvalue weighted by Crippen LogP contribution is -2.23. The second-order valence-electron chi connectivity index (χ2n) is 4.54. The predicted octanol–water partition coefficient (Wildman–Crippen LogP) is 4.29. The summed E-state index contributed by atoms with van der Waals surface area (Å²) in [6.07, 6.45) is 2.56. The molecule has 5 heteroatoms. The van der Waals surface area contributed by atoms with E-state index in [9.17, 15) is 0 Å². The normalized spacial score (nSPS) is 10.6. The molecule has 3 nitrogen and oxygen atoms in total. The van der Waals surface area contributed by atoms with Gasteiger partial charge in [0.25, 0.3) is 0 Å². The maximum absolute atomic E-state index is 5.97. The molecule has 0 fully saturated rings. The molecule has 0 atom stereocenters. The first kappa shape index (κ1) is 15.3. The molecule has 2 N–H and O–H groups in total. The SMILES string of the molecule is Cc1ccccc1N(CCCN)c1ncc(Cl)cc1Br. The van der Waals surface area contributed by atoms with E-state index in [1.807, 2.05) is 18.2 Å². The Hall–Kier alpha value is -1.10. The number of aromatic nitrogens is 1. The van der Waals surface area contributed by atoms with Crippen LogP contribution in [0.5, 0.6) is 0 Å². The van der Waals surface area contributed by atoms with Gasteiger partial charge in [-0.25, -0.2) is 4.98 Å². The molecule has 0 saturated carbocycles. The van der Waals surface area contributed by atoms with E-state index < -0.39 is 0 Å². The number of rotatable bonds is 5. The number of pyridine rings is 1. The lowest BCUT2D eigenvalue weighted by Gasteiger charge is -2.26. The van der Waals surface area contributed by atoms with Crippen LogP contribution in [-0.4, -0.2) is 18.1 Å². The second kappa shape index (κ2) is 7.07. The highest BCUT2D eigenvalue weighted by atomic mass is 79.9. The molecule has 20 heavy (non-hydrogen) atoms. The zero-order valence-electron chi connectivity index (χ0n) is 11.3. The van der Waals surface area contributed by atoms with E-state index in [2.05, 4.69) is 44.9 Å². The third-order valence-electron chi connectivity index (χ3n) is 3.04. The fourth-order valence-electron chi connectivity index (χ4n) is 2.06. The number of aryl methyl sites for hydroxylation is 1. The molecule has 1 heterocycles. The summed E-state index contributed by atoms with van der Waals surface area (Å²) in [5.74, 6) is 0.858. The summed E-state index contributed by atoms with van der Waals surface area (Å²) in [5.41, 5.74) is 7.99. The minimum atomic E-state index is 0.615. The minimum Gasteiger partial charge on any atom is -0.330 e. The maximum Gasteiger partial charge on any atom is 0.147 e. The van der Waals surface area contributed by atoms with Crippen molar-refractivity contribution in [2.45, 2.75) is 13.3 Å². The number of anilines is 2. The van der Waals surface area contributed by atoms with Crippen molar-refractivity contribution in [3.05, 3.63) is 51.6 Å². The largest absolute Gasteiger partial charge is 0.330 e. The van der Waals surface area contributed by atoms with E-state index in [-0.39, 0.29) is 0 Å². The number of para-hydroxylation sites is 1. The average Bonchev–Trinajstić information content (AvgIpc) is 2.42. The van der Waals surface area contributed by atoms with Crippen LogP contribution in [0.1, 0.15) is 12.0 Å². The number of benzene rings is 1. The van der Waals surface area contributed by atoms with Gasteiger partial charge in [-0.1, -0.05) is 29.8 Å². The highest BCUT2D eigenvalue weighted by molar-refractivity contribution is 9.10. The minimum absolute atomic E-state index is 0.615. The second-order valence-corrected chi connectivity index (χ2v) is 5.83. The molecule has 0 radical (unpaired) electrons. The van der Waals surface area contributed by atoms with Crippen LogP contribution < -0.4 is 10.6 Å². The maximum atomic E-state index is 5.97.